The first-order chi connectivity index (χ1) is 29.3. The van der Waals surface area contributed by atoms with Crippen molar-refractivity contribution in [2.75, 3.05) is 18.9 Å². The molecular formula is C34H41N10O16P2+. The lowest BCUT2D eigenvalue weighted by Gasteiger charge is -2.20. The summed E-state index contributed by atoms with van der Waals surface area (Å²) in [6.45, 7) is 0.0408. The van der Waals surface area contributed by atoms with Crippen molar-refractivity contribution in [1.29, 1.82) is 0 Å². The number of anilines is 1. The van der Waals surface area contributed by atoms with Gasteiger partial charge in [0, 0.05) is 36.8 Å². The maximum Gasteiger partial charge on any atom is 0.481 e. The molecule has 0 bridgehead atoms. The number of pyridine rings is 3. The molecule has 12 N–H and O–H groups in total. The van der Waals surface area contributed by atoms with E-state index in [4.69, 9.17) is 40.8 Å². The number of aliphatic hydroxyl groups is 3. The molecule has 0 aliphatic carbocycles. The van der Waals surface area contributed by atoms with E-state index in [1.165, 1.54) is 71.0 Å². The standard InChI is InChI=1S/C22H29N7O13P2.C6H6N2O.C6H5NO2/c1-10-15(30)12(40-21(10)29-9-27-14-18(23)25-8-26-20(14)29)6-38-43(34,35)42-44(36,37)39-7-13-16(31)17(32)22(41-13)28-4-2-3-11(5-28)19(24)33;7-6(9)5-2-1-3-8-4-5;8-6(9)5-2-1-3-7-4-5/h2-5,8-10,12-13,15-17,21-22,30-32H,6-7H2,1H3,(H5-,23,24,25,26,33,34,35,36,37);1-4H,(H2,7,9);1-4H,(H,8,9)/p+1. The molecule has 0 aromatic carbocycles. The van der Waals surface area contributed by atoms with Crippen LogP contribution in [0.5, 0.6) is 0 Å². The van der Waals surface area contributed by atoms with Crippen molar-refractivity contribution in [3.05, 3.63) is 103 Å². The number of aromatic carboxylic acids is 1. The van der Waals surface area contributed by atoms with Gasteiger partial charge in [-0.25, -0.2) is 28.9 Å². The smallest absolute Gasteiger partial charge is 0.478 e. The van der Waals surface area contributed by atoms with Gasteiger partial charge in [-0.05, 0) is 30.3 Å². The molecule has 5 aromatic heterocycles. The first-order valence-electron chi connectivity index (χ1n) is 17.9. The zero-order valence-electron chi connectivity index (χ0n) is 32.1. The summed E-state index contributed by atoms with van der Waals surface area (Å²) in [5.41, 5.74) is 17.4. The average Bonchev–Trinajstić information content (AvgIpc) is 3.89. The van der Waals surface area contributed by atoms with Crippen LogP contribution in [0, 0.1) is 5.92 Å². The number of carbonyl (C=O) groups is 3. The molecule has 2 saturated heterocycles. The number of nitrogens with zero attached hydrogens (tertiary/aromatic N) is 7. The molecule has 7 rings (SSSR count). The van der Waals surface area contributed by atoms with Crippen LogP contribution in [0.1, 0.15) is 50.5 Å². The van der Waals surface area contributed by atoms with Crippen LogP contribution in [-0.2, 0) is 32.0 Å². The quantitative estimate of drug-likeness (QED) is 0.0517. The molecule has 10 unspecified atom stereocenters. The predicted molar refractivity (Wildman–Crippen MR) is 206 cm³/mol. The van der Waals surface area contributed by atoms with Crippen LogP contribution in [0.3, 0.4) is 0 Å². The van der Waals surface area contributed by atoms with E-state index in [-0.39, 0.29) is 16.9 Å². The number of amides is 2. The fourth-order valence-electron chi connectivity index (χ4n) is 5.82. The van der Waals surface area contributed by atoms with E-state index in [1.807, 2.05) is 0 Å². The largest absolute Gasteiger partial charge is 0.481 e. The van der Waals surface area contributed by atoms with Gasteiger partial charge in [0.15, 0.2) is 30.0 Å². The third-order valence-electron chi connectivity index (χ3n) is 8.95. The van der Waals surface area contributed by atoms with E-state index >= 15 is 0 Å². The molecule has 2 fully saturated rings. The van der Waals surface area contributed by atoms with Crippen molar-refractivity contribution in [2.45, 2.75) is 49.9 Å². The third-order valence-corrected chi connectivity index (χ3v) is 11.5. The molecule has 10 atom stereocenters. The second-order valence-corrected chi connectivity index (χ2v) is 16.3. The number of phosphoric ester groups is 2. The summed E-state index contributed by atoms with van der Waals surface area (Å²) in [4.78, 5) is 71.6. The van der Waals surface area contributed by atoms with Crippen LogP contribution in [0.4, 0.5) is 5.82 Å². The van der Waals surface area contributed by atoms with Gasteiger partial charge >= 0.3 is 21.6 Å². The molecular weight excluding hydrogens is 866 g/mol. The number of hydrogen-bond donors (Lipinski definition) is 9. The molecule has 0 saturated carbocycles. The average molecular weight is 908 g/mol. The summed E-state index contributed by atoms with van der Waals surface area (Å²) in [5.74, 6) is -2.59. The van der Waals surface area contributed by atoms with Crippen molar-refractivity contribution in [3.63, 3.8) is 0 Å². The number of fused-ring (bicyclic) bond motifs is 1. The summed E-state index contributed by atoms with van der Waals surface area (Å²) in [7, 11) is -10.6. The number of ether oxygens (including phenoxy) is 2. The number of primary amides is 2. The second kappa shape index (κ2) is 20.4. The molecule has 2 amide bonds. The van der Waals surface area contributed by atoms with Crippen molar-refractivity contribution >= 4 is 50.4 Å². The molecule has 5 aromatic rings. The summed E-state index contributed by atoms with van der Waals surface area (Å²) >= 11 is 0. The number of nitrogen functional groups attached to an aromatic ring is 1. The molecule has 2 aliphatic rings. The Bertz CT molecular complexity index is 2390. The van der Waals surface area contributed by atoms with Gasteiger partial charge in [0.05, 0.1) is 36.8 Å². The first-order valence-corrected chi connectivity index (χ1v) is 20.9. The minimum atomic E-state index is -5.32. The summed E-state index contributed by atoms with van der Waals surface area (Å²) < 4.78 is 52.9. The summed E-state index contributed by atoms with van der Waals surface area (Å²) in [6, 6.07) is 9.23. The van der Waals surface area contributed by atoms with Gasteiger partial charge in [0.2, 0.25) is 5.91 Å². The van der Waals surface area contributed by atoms with Gasteiger partial charge < -0.3 is 56.9 Å². The number of rotatable bonds is 13. The molecule has 62 heavy (non-hydrogen) atoms. The Balaban J connectivity index is 0.000000331. The maximum absolute atomic E-state index is 12.5. The number of carboxylic acids is 1. The Morgan fingerprint density at radius 2 is 1.40 bits per heavy atom. The Labute approximate surface area is 349 Å². The number of aliphatic hydroxyl groups excluding tert-OH is 3. The highest BCUT2D eigenvalue weighted by Gasteiger charge is 2.50. The maximum atomic E-state index is 12.5. The fourth-order valence-corrected chi connectivity index (χ4v) is 7.92. The minimum Gasteiger partial charge on any atom is -0.478 e. The van der Waals surface area contributed by atoms with Crippen LogP contribution in [0.2, 0.25) is 0 Å². The van der Waals surface area contributed by atoms with Gasteiger partial charge in [0.25, 0.3) is 12.1 Å². The van der Waals surface area contributed by atoms with E-state index in [9.17, 15) is 48.6 Å². The Morgan fingerprint density at radius 1 is 0.823 bits per heavy atom. The molecule has 332 valence electrons. The van der Waals surface area contributed by atoms with Crippen molar-refractivity contribution in [3.8, 4) is 0 Å². The predicted octanol–water partition coefficient (Wildman–Crippen LogP) is -0.780. The number of imidazole rings is 1. The number of nitrogens with two attached hydrogens (primary N) is 3. The lowest BCUT2D eigenvalue weighted by atomic mass is 10.0. The van der Waals surface area contributed by atoms with Crippen LogP contribution in [-0.4, -0.2) is 121 Å². The van der Waals surface area contributed by atoms with Gasteiger partial charge in [0.1, 0.15) is 41.9 Å². The van der Waals surface area contributed by atoms with Gasteiger partial charge in [-0.15, -0.1) is 0 Å². The Kier molecular flexibility index (Phi) is 15.6. The van der Waals surface area contributed by atoms with Crippen LogP contribution < -0.4 is 21.8 Å². The monoisotopic (exact) mass is 907 g/mol. The topological polar surface area (TPSA) is 404 Å². The first kappa shape index (κ1) is 47.3. The van der Waals surface area contributed by atoms with E-state index in [0.29, 0.717) is 16.7 Å². The van der Waals surface area contributed by atoms with E-state index < -0.39 is 95.5 Å². The van der Waals surface area contributed by atoms with E-state index in [2.05, 4.69) is 29.2 Å². The van der Waals surface area contributed by atoms with Crippen molar-refractivity contribution in [1.82, 2.24) is 29.5 Å². The number of carbonyl (C=O) groups excluding carboxylic acids is 2. The number of phosphoric acid groups is 2. The zero-order chi connectivity index (χ0) is 45.4. The van der Waals surface area contributed by atoms with E-state index in [1.54, 1.807) is 31.3 Å². The molecule has 0 radical (unpaired) electrons. The number of carboxylic acid groups (broad SMARTS) is 1. The van der Waals surface area contributed by atoms with Gasteiger partial charge in [-0.3, -0.25) is 33.2 Å². The molecule has 0 spiro atoms. The molecule has 26 nitrogen and oxygen atoms in total. The second-order valence-electron chi connectivity index (χ2n) is 13.2. The lowest BCUT2D eigenvalue weighted by Crippen LogP contribution is -2.46. The van der Waals surface area contributed by atoms with Gasteiger partial charge in [-0.2, -0.15) is 8.88 Å². The summed E-state index contributed by atoms with van der Waals surface area (Å²) in [5, 5.41) is 39.8. The zero-order valence-corrected chi connectivity index (χ0v) is 33.9. The van der Waals surface area contributed by atoms with E-state index in [0.717, 1.165) is 0 Å². The number of hydrogen-bond acceptors (Lipinski definition) is 19. The Morgan fingerprint density at radius 3 is 1.94 bits per heavy atom. The summed E-state index contributed by atoms with van der Waals surface area (Å²) in [6.07, 6.45) is 2.11. The highest BCUT2D eigenvalue weighted by molar-refractivity contribution is 7.61. The highest BCUT2D eigenvalue weighted by Crippen LogP contribution is 2.61. The van der Waals surface area contributed by atoms with Gasteiger partial charge in [-0.1, -0.05) is 6.92 Å². The number of aromatic nitrogens is 7. The fraction of sp³-hybridized carbons (Fsp3) is 0.324. The van der Waals surface area contributed by atoms with Crippen LogP contribution >= 0.6 is 15.6 Å². The minimum absolute atomic E-state index is 0.0833. The third kappa shape index (κ3) is 12.0. The van der Waals surface area contributed by atoms with Crippen molar-refractivity contribution < 1.29 is 81.1 Å². The van der Waals surface area contributed by atoms with Crippen LogP contribution in [0.25, 0.3) is 11.2 Å². The SMILES string of the molecule is CC1C(O)C(COP(=O)(O)OP(=O)(O)OCC2OC([n+]3cccc(C(N)=O)c3)C(O)C2O)OC1n1cnc2c(N)ncnc21.NC(=O)c1cccnc1.O=C(O)c1cccnc1. The normalized spacial score (nSPS) is 25.0. The molecule has 28 heteroatoms. The molecule has 2 aliphatic heterocycles. The van der Waals surface area contributed by atoms with Crippen molar-refractivity contribution in [2.24, 2.45) is 17.4 Å². The highest BCUT2D eigenvalue weighted by atomic mass is 31.3. The van der Waals surface area contributed by atoms with Crippen LogP contribution in [0.15, 0.2) is 86.2 Å². The molecule has 7 heterocycles. The Hall–Kier alpha value is -5.73. The lowest BCUT2D eigenvalue weighted by molar-refractivity contribution is -0.765.